The Morgan fingerprint density at radius 2 is 2.23 bits per heavy atom. The van der Waals surface area contributed by atoms with Gasteiger partial charge in [0, 0.05) is 37.8 Å². The maximum atomic E-state index is 5.88. The zero-order valence-electron chi connectivity index (χ0n) is 15.3. The van der Waals surface area contributed by atoms with Gasteiger partial charge >= 0.3 is 0 Å². The topological polar surface area (TPSA) is 42.3 Å². The third kappa shape index (κ3) is 3.35. The molecule has 5 nitrogen and oxygen atoms in total. The number of hydrogen-bond donors (Lipinski definition) is 1. The van der Waals surface area contributed by atoms with Gasteiger partial charge in [-0.05, 0) is 62.7 Å². The summed E-state index contributed by atoms with van der Waals surface area (Å²) < 4.78 is 8.13. The minimum atomic E-state index is 0.0492. The van der Waals surface area contributed by atoms with E-state index in [1.807, 2.05) is 18.3 Å². The summed E-state index contributed by atoms with van der Waals surface area (Å²) in [6.07, 6.45) is 8.74. The largest absolute Gasteiger partial charge is 0.376 e. The van der Waals surface area contributed by atoms with Crippen LogP contribution in [0.5, 0.6) is 0 Å². The lowest BCUT2D eigenvalue weighted by Crippen LogP contribution is -2.36. The van der Waals surface area contributed by atoms with Gasteiger partial charge in [-0.2, -0.15) is 0 Å². The second-order valence-electron chi connectivity index (χ2n) is 7.40. The molecule has 0 amide bonds. The summed E-state index contributed by atoms with van der Waals surface area (Å²) in [6.45, 7) is 6.08. The summed E-state index contributed by atoms with van der Waals surface area (Å²) in [5.74, 6) is 0. The first-order chi connectivity index (χ1) is 12.6. The molecular weight excluding hydrogens is 344 g/mol. The van der Waals surface area contributed by atoms with Crippen molar-refractivity contribution < 1.29 is 4.74 Å². The van der Waals surface area contributed by atoms with Crippen LogP contribution in [0.15, 0.2) is 42.9 Å². The van der Waals surface area contributed by atoms with Crippen LogP contribution >= 0.6 is 12.2 Å². The van der Waals surface area contributed by atoms with Gasteiger partial charge in [0.05, 0.1) is 23.9 Å². The van der Waals surface area contributed by atoms with Crippen molar-refractivity contribution in [3.63, 3.8) is 0 Å². The predicted molar refractivity (Wildman–Crippen MR) is 106 cm³/mol. The zero-order chi connectivity index (χ0) is 18.1. The van der Waals surface area contributed by atoms with Crippen molar-refractivity contribution in [2.24, 2.45) is 0 Å². The van der Waals surface area contributed by atoms with Crippen LogP contribution < -0.4 is 5.32 Å². The monoisotopic (exact) mass is 370 g/mol. The molecule has 3 atom stereocenters. The molecule has 0 spiro atoms. The van der Waals surface area contributed by atoms with Crippen molar-refractivity contribution in [3.05, 3.63) is 54.1 Å². The van der Waals surface area contributed by atoms with E-state index in [-0.39, 0.29) is 18.2 Å². The van der Waals surface area contributed by atoms with Crippen LogP contribution in [0, 0.1) is 0 Å². The Balaban J connectivity index is 1.68. The highest BCUT2D eigenvalue weighted by molar-refractivity contribution is 7.80. The number of pyridine rings is 1. The Morgan fingerprint density at radius 1 is 1.35 bits per heavy atom. The number of nitrogens with zero attached hydrogens (tertiary/aromatic N) is 3. The van der Waals surface area contributed by atoms with E-state index >= 15 is 0 Å². The number of nitrogens with one attached hydrogen (secondary N) is 1. The van der Waals surface area contributed by atoms with Gasteiger partial charge < -0.3 is 19.5 Å². The SMILES string of the molecule is CC(C)n1ccc([C@H]2[C@H](c3ccccn3)NC(=S)N2C[C@@H]2CCCO2)c1. The van der Waals surface area contributed by atoms with Crippen molar-refractivity contribution in [3.8, 4) is 0 Å². The Morgan fingerprint density at radius 3 is 2.88 bits per heavy atom. The van der Waals surface area contributed by atoms with Crippen molar-refractivity contribution in [1.82, 2.24) is 19.8 Å². The molecule has 2 aliphatic rings. The highest BCUT2D eigenvalue weighted by atomic mass is 32.1. The first-order valence-corrected chi connectivity index (χ1v) is 9.81. The third-order valence-corrected chi connectivity index (χ3v) is 5.65. The molecule has 4 rings (SSSR count). The first-order valence-electron chi connectivity index (χ1n) is 9.40. The molecule has 1 N–H and O–H groups in total. The quantitative estimate of drug-likeness (QED) is 0.815. The van der Waals surface area contributed by atoms with Gasteiger partial charge in [-0.25, -0.2) is 0 Å². The standard InChI is InChI=1S/C20H26N4OS/c1-14(2)23-10-8-15(12-23)19-18(17-7-3-4-9-21-17)22-20(26)24(19)13-16-6-5-11-25-16/h3-4,7-10,12,14,16,18-19H,5-6,11,13H2,1-2H3,(H,22,26)/t16-,18-,19-/m0/s1. The molecule has 4 heterocycles. The van der Waals surface area contributed by atoms with Crippen LogP contribution in [-0.4, -0.2) is 38.8 Å². The molecule has 0 aliphatic carbocycles. The summed E-state index contributed by atoms with van der Waals surface area (Å²) in [7, 11) is 0. The molecule has 26 heavy (non-hydrogen) atoms. The van der Waals surface area contributed by atoms with Crippen molar-refractivity contribution in [2.45, 2.75) is 50.9 Å². The van der Waals surface area contributed by atoms with Crippen molar-refractivity contribution in [2.75, 3.05) is 13.2 Å². The highest BCUT2D eigenvalue weighted by Gasteiger charge is 2.41. The van der Waals surface area contributed by atoms with Gasteiger partial charge in [0.15, 0.2) is 5.11 Å². The fraction of sp³-hybridized carbons (Fsp3) is 0.500. The summed E-state index contributed by atoms with van der Waals surface area (Å²) in [6, 6.07) is 8.87. The van der Waals surface area contributed by atoms with E-state index in [1.54, 1.807) is 0 Å². The van der Waals surface area contributed by atoms with Gasteiger partial charge in [-0.3, -0.25) is 4.98 Å². The lowest BCUT2D eigenvalue weighted by Gasteiger charge is -2.29. The van der Waals surface area contributed by atoms with Crippen LogP contribution in [-0.2, 0) is 4.74 Å². The molecule has 0 unspecified atom stereocenters. The normalized spacial score (nSPS) is 25.9. The van der Waals surface area contributed by atoms with E-state index in [1.165, 1.54) is 5.56 Å². The van der Waals surface area contributed by atoms with Gasteiger partial charge in [-0.15, -0.1) is 0 Å². The first kappa shape index (κ1) is 17.5. The number of aromatic nitrogens is 2. The summed E-state index contributed by atoms with van der Waals surface area (Å²) in [4.78, 5) is 6.89. The highest BCUT2D eigenvalue weighted by Crippen LogP contribution is 2.39. The summed E-state index contributed by atoms with van der Waals surface area (Å²) >= 11 is 5.71. The van der Waals surface area contributed by atoms with Crippen molar-refractivity contribution >= 4 is 17.3 Å². The van der Waals surface area contributed by atoms with Gasteiger partial charge in [0.25, 0.3) is 0 Å². The van der Waals surface area contributed by atoms with E-state index < -0.39 is 0 Å². The van der Waals surface area contributed by atoms with E-state index in [9.17, 15) is 0 Å². The third-order valence-electron chi connectivity index (χ3n) is 5.30. The molecule has 2 aromatic rings. The van der Waals surface area contributed by atoms with Gasteiger partial charge in [-0.1, -0.05) is 6.07 Å². The Kier molecular flexibility index (Phi) is 4.96. The number of thiocarbonyl (C=S) groups is 1. The molecule has 0 radical (unpaired) electrons. The maximum absolute atomic E-state index is 5.88. The second-order valence-corrected chi connectivity index (χ2v) is 7.79. The molecule has 2 aliphatic heterocycles. The Labute approximate surface area is 160 Å². The smallest absolute Gasteiger partial charge is 0.170 e. The van der Waals surface area contributed by atoms with E-state index in [2.05, 4.69) is 58.1 Å². The van der Waals surface area contributed by atoms with E-state index in [0.29, 0.717) is 6.04 Å². The Bertz CT molecular complexity index is 754. The lowest BCUT2D eigenvalue weighted by molar-refractivity contribution is 0.0842. The van der Waals surface area contributed by atoms with Crippen LogP contribution in [0.4, 0.5) is 0 Å². The summed E-state index contributed by atoms with van der Waals surface area (Å²) in [5.41, 5.74) is 2.28. The van der Waals surface area contributed by atoms with E-state index in [0.717, 1.165) is 36.8 Å². The fourth-order valence-corrected chi connectivity index (χ4v) is 4.21. The van der Waals surface area contributed by atoms with Crippen LogP contribution in [0.3, 0.4) is 0 Å². The molecule has 2 aromatic heterocycles. The molecule has 0 bridgehead atoms. The van der Waals surface area contributed by atoms with Gasteiger partial charge in [0.2, 0.25) is 0 Å². The van der Waals surface area contributed by atoms with Crippen LogP contribution in [0.1, 0.15) is 56.1 Å². The Hall–Kier alpha value is -1.92. The molecule has 2 saturated heterocycles. The zero-order valence-corrected chi connectivity index (χ0v) is 16.2. The molecular formula is C20H26N4OS. The molecule has 0 saturated carbocycles. The van der Waals surface area contributed by atoms with Crippen LogP contribution in [0.2, 0.25) is 0 Å². The predicted octanol–water partition coefficient (Wildman–Crippen LogP) is 3.62. The second kappa shape index (κ2) is 7.37. The molecule has 0 aromatic carbocycles. The summed E-state index contributed by atoms with van der Waals surface area (Å²) in [5, 5.41) is 4.30. The molecule has 2 fully saturated rings. The van der Waals surface area contributed by atoms with Crippen molar-refractivity contribution in [1.29, 1.82) is 0 Å². The number of rotatable bonds is 5. The van der Waals surface area contributed by atoms with E-state index in [4.69, 9.17) is 17.0 Å². The lowest BCUT2D eigenvalue weighted by atomic mass is 9.99. The maximum Gasteiger partial charge on any atom is 0.170 e. The average molecular weight is 371 g/mol. The molecule has 138 valence electrons. The molecule has 6 heteroatoms. The minimum Gasteiger partial charge on any atom is -0.376 e. The van der Waals surface area contributed by atoms with Gasteiger partial charge in [0.1, 0.15) is 0 Å². The minimum absolute atomic E-state index is 0.0492. The average Bonchev–Trinajstić information content (AvgIpc) is 3.37. The number of hydrogen-bond acceptors (Lipinski definition) is 3. The fourth-order valence-electron chi connectivity index (χ4n) is 3.90. The number of ether oxygens (including phenoxy) is 1. The van der Waals surface area contributed by atoms with Crippen LogP contribution in [0.25, 0.3) is 0 Å².